The van der Waals surface area contributed by atoms with Gasteiger partial charge in [0.15, 0.2) is 0 Å². The van der Waals surface area contributed by atoms with Gasteiger partial charge in [-0.1, -0.05) is 38.1 Å². The molecule has 1 aromatic heterocycles. The number of benzene rings is 1. The maximum Gasteiger partial charge on any atom is 0.270 e. The number of nitrogen functional groups attached to an aromatic ring is 1. The Morgan fingerprint density at radius 3 is 2.57 bits per heavy atom. The topological polar surface area (TPSA) is 80.0 Å². The molecule has 0 spiro atoms. The normalized spacial score (nSPS) is 11.4. The first-order valence-electron chi connectivity index (χ1n) is 7.22. The van der Waals surface area contributed by atoms with Crippen LogP contribution in [0.5, 0.6) is 0 Å². The van der Waals surface area contributed by atoms with Crippen LogP contribution < -0.4 is 16.6 Å². The Bertz CT molecular complexity index is 650. The first-order valence-corrected chi connectivity index (χ1v) is 7.22. The number of carbonyl (C=O) groups is 1. The minimum Gasteiger partial charge on any atom is -0.346 e. The zero-order valence-corrected chi connectivity index (χ0v) is 12.7. The van der Waals surface area contributed by atoms with Gasteiger partial charge in [-0.25, -0.2) is 10.8 Å². The molecule has 0 aliphatic rings. The quantitative estimate of drug-likeness (QED) is 0.583. The molecule has 0 unspecified atom stereocenters. The summed E-state index contributed by atoms with van der Waals surface area (Å²) in [5, 5.41) is 4.88. The van der Waals surface area contributed by atoms with E-state index in [2.05, 4.69) is 29.6 Å². The molecule has 0 fully saturated rings. The predicted molar refractivity (Wildman–Crippen MR) is 86.0 cm³/mol. The van der Waals surface area contributed by atoms with E-state index in [1.165, 1.54) is 0 Å². The number of carbonyl (C=O) groups excluding carboxylic acids is 1. The molecule has 1 amide bonds. The van der Waals surface area contributed by atoms with E-state index >= 15 is 0 Å². The molecule has 0 saturated heterocycles. The molecule has 0 saturated carbocycles. The Balaban J connectivity index is 2.40. The average molecular weight is 286 g/mol. The minimum atomic E-state index is -0.222. The molecule has 0 atom stereocenters. The number of anilines is 1. The highest BCUT2D eigenvalue weighted by atomic mass is 16.2. The molecule has 0 bridgehead atoms. The lowest BCUT2D eigenvalue weighted by atomic mass is 9.95. The van der Waals surface area contributed by atoms with Gasteiger partial charge in [-0.3, -0.25) is 4.79 Å². The summed E-state index contributed by atoms with van der Waals surface area (Å²) in [5.74, 6) is 5.85. The summed E-state index contributed by atoms with van der Waals surface area (Å²) in [7, 11) is 0. The van der Waals surface area contributed by atoms with E-state index < -0.39 is 0 Å². The molecule has 0 aliphatic heterocycles. The van der Waals surface area contributed by atoms with Gasteiger partial charge in [-0.2, -0.15) is 0 Å². The standard InChI is InChI=1S/C16H22N4O/c1-4-16(3,5-2)19-15(21)13-10-11-8-6-7-9-12(11)14(18-13)20-17/h6-10H,4-5,17H2,1-3H3,(H,18,20)(H,19,21). The Morgan fingerprint density at radius 1 is 1.29 bits per heavy atom. The van der Waals surface area contributed by atoms with Crippen LogP contribution in [0, 0.1) is 0 Å². The summed E-state index contributed by atoms with van der Waals surface area (Å²) in [6.07, 6.45) is 1.73. The maximum absolute atomic E-state index is 12.4. The third-order valence-corrected chi connectivity index (χ3v) is 4.09. The molecule has 2 aromatic rings. The molecule has 1 aromatic carbocycles. The first-order chi connectivity index (χ1) is 10.0. The largest absolute Gasteiger partial charge is 0.346 e. The highest BCUT2D eigenvalue weighted by Crippen LogP contribution is 2.22. The zero-order chi connectivity index (χ0) is 15.5. The van der Waals surface area contributed by atoms with E-state index in [9.17, 15) is 4.79 Å². The molecule has 0 radical (unpaired) electrons. The molecular weight excluding hydrogens is 264 g/mol. The number of rotatable bonds is 5. The highest BCUT2D eigenvalue weighted by Gasteiger charge is 2.23. The molecule has 1 heterocycles. The van der Waals surface area contributed by atoms with Gasteiger partial charge in [-0.05, 0) is 31.2 Å². The van der Waals surface area contributed by atoms with E-state index in [0.717, 1.165) is 23.6 Å². The van der Waals surface area contributed by atoms with Crippen molar-refractivity contribution in [2.45, 2.75) is 39.2 Å². The molecule has 5 heteroatoms. The Kier molecular flexibility index (Phi) is 4.43. The van der Waals surface area contributed by atoms with Gasteiger partial charge < -0.3 is 10.7 Å². The minimum absolute atomic E-state index is 0.177. The fraction of sp³-hybridized carbons (Fsp3) is 0.375. The van der Waals surface area contributed by atoms with E-state index in [1.807, 2.05) is 31.2 Å². The van der Waals surface area contributed by atoms with Crippen molar-refractivity contribution in [2.75, 3.05) is 5.43 Å². The number of nitrogens with zero attached hydrogens (tertiary/aromatic N) is 1. The molecule has 5 nitrogen and oxygen atoms in total. The summed E-state index contributed by atoms with van der Waals surface area (Å²) in [5.41, 5.74) is 2.71. The second-order valence-electron chi connectivity index (χ2n) is 5.44. The summed E-state index contributed by atoms with van der Waals surface area (Å²) < 4.78 is 0. The van der Waals surface area contributed by atoms with Crippen molar-refractivity contribution in [3.8, 4) is 0 Å². The monoisotopic (exact) mass is 286 g/mol. The number of nitrogens with two attached hydrogens (primary N) is 1. The number of nitrogens with one attached hydrogen (secondary N) is 2. The number of aromatic nitrogens is 1. The number of amides is 1. The van der Waals surface area contributed by atoms with E-state index in [1.54, 1.807) is 6.07 Å². The molecule has 112 valence electrons. The number of hydrazine groups is 1. The predicted octanol–water partition coefficient (Wildman–Crippen LogP) is 2.83. The van der Waals surface area contributed by atoms with Crippen LogP contribution in [0.2, 0.25) is 0 Å². The summed E-state index contributed by atoms with van der Waals surface area (Å²) in [6, 6.07) is 9.48. The second kappa shape index (κ2) is 6.10. The fourth-order valence-corrected chi connectivity index (χ4v) is 2.19. The van der Waals surface area contributed by atoms with Gasteiger partial charge in [0.2, 0.25) is 0 Å². The van der Waals surface area contributed by atoms with Crippen molar-refractivity contribution in [1.82, 2.24) is 10.3 Å². The van der Waals surface area contributed by atoms with Gasteiger partial charge in [-0.15, -0.1) is 0 Å². The van der Waals surface area contributed by atoms with Gasteiger partial charge >= 0.3 is 0 Å². The van der Waals surface area contributed by atoms with Crippen LogP contribution in [-0.2, 0) is 0 Å². The smallest absolute Gasteiger partial charge is 0.270 e. The number of fused-ring (bicyclic) bond motifs is 1. The third kappa shape index (κ3) is 3.13. The Hall–Kier alpha value is -2.14. The molecule has 4 N–H and O–H groups in total. The summed E-state index contributed by atoms with van der Waals surface area (Å²) in [4.78, 5) is 16.8. The van der Waals surface area contributed by atoms with Gasteiger partial charge in [0.05, 0.1) is 0 Å². The average Bonchev–Trinajstić information content (AvgIpc) is 2.53. The summed E-state index contributed by atoms with van der Waals surface area (Å²) >= 11 is 0. The van der Waals surface area contributed by atoms with E-state index in [0.29, 0.717) is 11.5 Å². The zero-order valence-electron chi connectivity index (χ0n) is 12.7. The van der Waals surface area contributed by atoms with Crippen LogP contribution in [0.1, 0.15) is 44.1 Å². The number of hydrogen-bond acceptors (Lipinski definition) is 4. The van der Waals surface area contributed by atoms with Crippen LogP contribution in [0.15, 0.2) is 30.3 Å². The Labute approximate surface area is 124 Å². The maximum atomic E-state index is 12.4. The van der Waals surface area contributed by atoms with Crippen molar-refractivity contribution in [1.29, 1.82) is 0 Å². The van der Waals surface area contributed by atoms with Crippen molar-refractivity contribution in [3.05, 3.63) is 36.0 Å². The lowest BCUT2D eigenvalue weighted by Gasteiger charge is -2.28. The second-order valence-corrected chi connectivity index (χ2v) is 5.44. The van der Waals surface area contributed by atoms with Gasteiger partial charge in [0, 0.05) is 10.9 Å². The molecule has 2 rings (SSSR count). The van der Waals surface area contributed by atoms with E-state index in [-0.39, 0.29) is 11.4 Å². The van der Waals surface area contributed by atoms with Crippen LogP contribution in [0.25, 0.3) is 10.8 Å². The van der Waals surface area contributed by atoms with Crippen LogP contribution >= 0.6 is 0 Å². The molecule has 21 heavy (non-hydrogen) atoms. The van der Waals surface area contributed by atoms with Crippen LogP contribution in [0.3, 0.4) is 0 Å². The summed E-state index contributed by atoms with van der Waals surface area (Å²) in [6.45, 7) is 6.16. The van der Waals surface area contributed by atoms with E-state index in [4.69, 9.17) is 5.84 Å². The first kappa shape index (κ1) is 15.3. The molecule has 0 aliphatic carbocycles. The number of pyridine rings is 1. The highest BCUT2D eigenvalue weighted by molar-refractivity contribution is 6.00. The van der Waals surface area contributed by atoms with Crippen molar-refractivity contribution >= 4 is 22.5 Å². The fourth-order valence-electron chi connectivity index (χ4n) is 2.19. The lowest BCUT2D eigenvalue weighted by molar-refractivity contribution is 0.0896. The third-order valence-electron chi connectivity index (χ3n) is 4.09. The Morgan fingerprint density at radius 2 is 1.95 bits per heavy atom. The van der Waals surface area contributed by atoms with Crippen molar-refractivity contribution < 1.29 is 4.79 Å². The molecular formula is C16H22N4O. The van der Waals surface area contributed by atoms with Gasteiger partial charge in [0.25, 0.3) is 5.91 Å². The van der Waals surface area contributed by atoms with Crippen LogP contribution in [0.4, 0.5) is 5.82 Å². The van der Waals surface area contributed by atoms with Crippen LogP contribution in [-0.4, -0.2) is 16.4 Å². The lowest BCUT2D eigenvalue weighted by Crippen LogP contribution is -2.45. The number of hydrogen-bond donors (Lipinski definition) is 3. The van der Waals surface area contributed by atoms with Crippen molar-refractivity contribution in [2.24, 2.45) is 5.84 Å². The van der Waals surface area contributed by atoms with Gasteiger partial charge in [0.1, 0.15) is 11.5 Å². The van der Waals surface area contributed by atoms with Crippen molar-refractivity contribution in [3.63, 3.8) is 0 Å². The SMILES string of the molecule is CCC(C)(CC)NC(=O)c1cc2ccccc2c(NN)n1.